The maximum Gasteiger partial charge on any atom is 0.273 e. The van der Waals surface area contributed by atoms with Gasteiger partial charge in [0.15, 0.2) is 0 Å². The summed E-state index contributed by atoms with van der Waals surface area (Å²) < 4.78 is 11.7. The number of methoxy groups -OCH3 is 1. The van der Waals surface area contributed by atoms with Crippen LogP contribution in [0.4, 0.5) is 0 Å². The van der Waals surface area contributed by atoms with Gasteiger partial charge in [0, 0.05) is 31.8 Å². The van der Waals surface area contributed by atoms with Gasteiger partial charge >= 0.3 is 0 Å². The molecule has 1 spiro atoms. The molecule has 1 aromatic carbocycles. The lowest BCUT2D eigenvalue weighted by atomic mass is 9.85. The Hall–Kier alpha value is -1.98. The van der Waals surface area contributed by atoms with Crippen molar-refractivity contribution in [2.24, 2.45) is 0 Å². The number of likely N-dealkylation sites (tertiary alicyclic amines) is 1. The fourth-order valence-electron chi connectivity index (χ4n) is 4.03. The van der Waals surface area contributed by atoms with Crippen molar-refractivity contribution in [2.45, 2.75) is 31.0 Å². The van der Waals surface area contributed by atoms with Crippen LogP contribution in [0.5, 0.6) is 0 Å². The Labute approximate surface area is 141 Å². The van der Waals surface area contributed by atoms with E-state index in [0.29, 0.717) is 18.8 Å². The summed E-state index contributed by atoms with van der Waals surface area (Å²) in [4.78, 5) is 19.3. The monoisotopic (exact) mass is 326 g/mol. The zero-order chi connectivity index (χ0) is 16.6. The van der Waals surface area contributed by atoms with Crippen LogP contribution < -0.4 is 0 Å². The molecule has 1 amide bonds. The van der Waals surface area contributed by atoms with Gasteiger partial charge in [-0.05, 0) is 30.7 Å². The molecule has 2 atom stereocenters. The van der Waals surface area contributed by atoms with E-state index in [2.05, 4.69) is 4.98 Å². The molecule has 0 aliphatic carbocycles. The summed E-state index contributed by atoms with van der Waals surface area (Å²) in [5.41, 5.74) is 0.309. The standard InChI is InChI=1S/C19H22N2O3/c1-23-16-13-21(11-9-19(16)8-4-12-24-19)18(22)17-15-6-3-2-5-14(15)7-10-20-17/h2-3,5-7,10,16H,4,8-9,11-13H2,1H3/t16-,19-/m0/s1. The van der Waals surface area contributed by atoms with E-state index < -0.39 is 0 Å². The number of carbonyl (C=O) groups is 1. The second kappa shape index (κ2) is 6.15. The molecule has 4 rings (SSSR count). The Morgan fingerprint density at radius 1 is 1.33 bits per heavy atom. The van der Waals surface area contributed by atoms with E-state index in [4.69, 9.17) is 9.47 Å². The van der Waals surface area contributed by atoms with Crippen molar-refractivity contribution >= 4 is 16.7 Å². The summed E-state index contributed by atoms with van der Waals surface area (Å²) in [7, 11) is 1.71. The highest BCUT2D eigenvalue weighted by atomic mass is 16.5. The summed E-state index contributed by atoms with van der Waals surface area (Å²) in [6.07, 6.45) is 4.53. The van der Waals surface area contributed by atoms with Gasteiger partial charge in [-0.15, -0.1) is 0 Å². The molecular formula is C19H22N2O3. The summed E-state index contributed by atoms with van der Waals surface area (Å²) in [6.45, 7) is 2.03. The van der Waals surface area contributed by atoms with Gasteiger partial charge in [-0.3, -0.25) is 9.78 Å². The molecule has 24 heavy (non-hydrogen) atoms. The predicted molar refractivity (Wildman–Crippen MR) is 91.0 cm³/mol. The van der Waals surface area contributed by atoms with Gasteiger partial charge in [-0.25, -0.2) is 0 Å². The SMILES string of the molecule is CO[C@H]1CN(C(=O)c2nccc3ccccc23)CC[C@@]12CCCO2. The van der Waals surface area contributed by atoms with Crippen LogP contribution in [0.3, 0.4) is 0 Å². The molecule has 0 N–H and O–H groups in total. The number of aromatic nitrogens is 1. The molecule has 0 unspecified atom stereocenters. The van der Waals surface area contributed by atoms with Crippen molar-refractivity contribution in [1.29, 1.82) is 0 Å². The normalized spacial score (nSPS) is 27.0. The number of carbonyl (C=O) groups excluding carboxylic acids is 1. The van der Waals surface area contributed by atoms with Crippen LogP contribution in [0.2, 0.25) is 0 Å². The second-order valence-electron chi connectivity index (χ2n) is 6.62. The number of hydrogen-bond acceptors (Lipinski definition) is 4. The molecule has 2 fully saturated rings. The number of benzene rings is 1. The lowest BCUT2D eigenvalue weighted by Crippen LogP contribution is -2.57. The minimum atomic E-state index is -0.211. The number of hydrogen-bond donors (Lipinski definition) is 0. The van der Waals surface area contributed by atoms with Crippen LogP contribution in [-0.2, 0) is 9.47 Å². The van der Waals surface area contributed by atoms with Gasteiger partial charge in [0.25, 0.3) is 5.91 Å². The first-order valence-electron chi connectivity index (χ1n) is 8.53. The van der Waals surface area contributed by atoms with Crippen molar-refractivity contribution in [2.75, 3.05) is 26.8 Å². The van der Waals surface area contributed by atoms with E-state index in [0.717, 1.165) is 36.6 Å². The largest absolute Gasteiger partial charge is 0.377 e. The smallest absolute Gasteiger partial charge is 0.273 e. The summed E-state index contributed by atoms with van der Waals surface area (Å²) in [5.74, 6) is -0.0262. The number of rotatable bonds is 2. The average Bonchev–Trinajstić information content (AvgIpc) is 3.10. The van der Waals surface area contributed by atoms with Crippen LogP contribution >= 0.6 is 0 Å². The third kappa shape index (κ3) is 2.48. The molecule has 2 saturated heterocycles. The molecule has 2 aliphatic heterocycles. The third-order valence-electron chi connectivity index (χ3n) is 5.36. The molecule has 3 heterocycles. The zero-order valence-electron chi connectivity index (χ0n) is 13.9. The van der Waals surface area contributed by atoms with Crippen LogP contribution in [-0.4, -0.2) is 54.3 Å². The third-order valence-corrected chi connectivity index (χ3v) is 5.36. The Kier molecular flexibility index (Phi) is 3.98. The van der Waals surface area contributed by atoms with E-state index in [1.807, 2.05) is 35.2 Å². The predicted octanol–water partition coefficient (Wildman–Crippen LogP) is 2.64. The number of piperidine rings is 1. The van der Waals surface area contributed by atoms with Crippen molar-refractivity contribution in [3.05, 3.63) is 42.2 Å². The van der Waals surface area contributed by atoms with Gasteiger partial charge in [0.2, 0.25) is 0 Å². The molecule has 2 aliphatic rings. The van der Waals surface area contributed by atoms with Crippen molar-refractivity contribution in [3.8, 4) is 0 Å². The Morgan fingerprint density at radius 2 is 2.21 bits per heavy atom. The molecule has 5 heteroatoms. The second-order valence-corrected chi connectivity index (χ2v) is 6.62. The van der Waals surface area contributed by atoms with Gasteiger partial charge in [-0.1, -0.05) is 24.3 Å². The molecule has 1 aromatic heterocycles. The fourth-order valence-corrected chi connectivity index (χ4v) is 4.03. The number of nitrogens with zero attached hydrogens (tertiary/aromatic N) is 2. The maximum absolute atomic E-state index is 13.0. The number of fused-ring (bicyclic) bond motifs is 1. The van der Waals surface area contributed by atoms with Crippen LogP contribution in [0.15, 0.2) is 36.5 Å². The first-order chi connectivity index (χ1) is 11.7. The van der Waals surface area contributed by atoms with E-state index >= 15 is 0 Å². The zero-order valence-corrected chi connectivity index (χ0v) is 13.9. The van der Waals surface area contributed by atoms with Crippen molar-refractivity contribution < 1.29 is 14.3 Å². The number of amides is 1. The highest BCUT2D eigenvalue weighted by Crippen LogP contribution is 2.37. The summed E-state index contributed by atoms with van der Waals surface area (Å²) in [6, 6.07) is 9.80. The minimum absolute atomic E-state index is 0.0262. The molecular weight excluding hydrogens is 304 g/mol. The lowest BCUT2D eigenvalue weighted by Gasteiger charge is -2.44. The first kappa shape index (κ1) is 15.5. The minimum Gasteiger partial charge on any atom is -0.377 e. The van der Waals surface area contributed by atoms with Gasteiger partial charge < -0.3 is 14.4 Å². The van der Waals surface area contributed by atoms with E-state index in [1.54, 1.807) is 13.3 Å². The van der Waals surface area contributed by atoms with Crippen molar-refractivity contribution in [1.82, 2.24) is 9.88 Å². The maximum atomic E-state index is 13.0. The molecule has 0 bridgehead atoms. The number of ether oxygens (including phenoxy) is 2. The highest BCUT2D eigenvalue weighted by molar-refractivity contribution is 6.05. The van der Waals surface area contributed by atoms with Crippen LogP contribution in [0, 0.1) is 0 Å². The molecule has 5 nitrogen and oxygen atoms in total. The molecule has 0 radical (unpaired) electrons. The lowest BCUT2D eigenvalue weighted by molar-refractivity contribution is -0.136. The van der Waals surface area contributed by atoms with Crippen molar-refractivity contribution in [3.63, 3.8) is 0 Å². The van der Waals surface area contributed by atoms with E-state index in [1.165, 1.54) is 0 Å². The van der Waals surface area contributed by atoms with Crippen LogP contribution in [0.25, 0.3) is 10.8 Å². The molecule has 2 aromatic rings. The molecule has 126 valence electrons. The molecule has 0 saturated carbocycles. The van der Waals surface area contributed by atoms with E-state index in [-0.39, 0.29) is 17.6 Å². The first-order valence-corrected chi connectivity index (χ1v) is 8.53. The Balaban J connectivity index is 1.61. The summed E-state index contributed by atoms with van der Waals surface area (Å²) >= 11 is 0. The van der Waals surface area contributed by atoms with Gasteiger partial charge in [0.05, 0.1) is 12.1 Å². The van der Waals surface area contributed by atoms with E-state index in [9.17, 15) is 4.79 Å². The summed E-state index contributed by atoms with van der Waals surface area (Å²) in [5, 5.41) is 1.93. The van der Waals surface area contributed by atoms with Crippen LogP contribution in [0.1, 0.15) is 29.8 Å². The average molecular weight is 326 g/mol. The topological polar surface area (TPSA) is 51.7 Å². The quantitative estimate of drug-likeness (QED) is 0.851. The number of pyridine rings is 1. The van der Waals surface area contributed by atoms with Gasteiger partial charge in [0.1, 0.15) is 11.8 Å². The fraction of sp³-hybridized carbons (Fsp3) is 0.474. The Bertz CT molecular complexity index is 750. The van der Waals surface area contributed by atoms with Gasteiger partial charge in [-0.2, -0.15) is 0 Å². The Morgan fingerprint density at radius 3 is 3.00 bits per heavy atom. The highest BCUT2D eigenvalue weighted by Gasteiger charge is 2.47.